The van der Waals surface area contributed by atoms with Gasteiger partial charge in [-0.3, -0.25) is 4.98 Å². The first-order valence-electron chi connectivity index (χ1n) is 9.44. The van der Waals surface area contributed by atoms with E-state index in [1.54, 1.807) is 18.2 Å². The molecule has 158 valence electrons. The number of nitrogens with zero attached hydrogens (tertiary/aromatic N) is 7. The van der Waals surface area contributed by atoms with Gasteiger partial charge in [-0.2, -0.15) is 10.2 Å². The molecule has 9 nitrogen and oxygen atoms in total. The summed E-state index contributed by atoms with van der Waals surface area (Å²) >= 11 is 0. The molecule has 0 amide bonds. The molecule has 0 unspecified atom stereocenters. The lowest BCUT2D eigenvalue weighted by atomic mass is 10.0. The van der Waals surface area contributed by atoms with Gasteiger partial charge in [0.25, 0.3) is 0 Å². The van der Waals surface area contributed by atoms with E-state index in [-0.39, 0.29) is 18.1 Å². The smallest absolute Gasteiger partial charge is 0.353 e. The third-order valence-electron chi connectivity index (χ3n) is 4.85. The lowest BCUT2D eigenvalue weighted by Crippen LogP contribution is -2.24. The first-order chi connectivity index (χ1) is 15.5. The molecule has 0 aliphatic carbocycles. The first kappa shape index (κ1) is 19.4. The topological polar surface area (TPSA) is 117 Å². The number of hydrogen-bond acceptors (Lipinski definition) is 7. The van der Waals surface area contributed by atoms with E-state index in [1.807, 2.05) is 0 Å². The number of nitrogens with two attached hydrogens (primary N) is 1. The fourth-order valence-electron chi connectivity index (χ4n) is 3.38. The third-order valence-corrected chi connectivity index (χ3v) is 4.85. The van der Waals surface area contributed by atoms with Gasteiger partial charge in [-0.25, -0.2) is 27.6 Å². The van der Waals surface area contributed by atoms with Gasteiger partial charge in [-0.1, -0.05) is 0 Å². The van der Waals surface area contributed by atoms with E-state index < -0.39 is 17.3 Å². The van der Waals surface area contributed by atoms with Crippen LogP contribution in [0.2, 0.25) is 0 Å². The Morgan fingerprint density at radius 3 is 2.38 bits per heavy atom. The number of aromatic nitrogens is 7. The van der Waals surface area contributed by atoms with Gasteiger partial charge in [-0.15, -0.1) is 5.10 Å². The van der Waals surface area contributed by atoms with Crippen molar-refractivity contribution >= 4 is 11.6 Å². The van der Waals surface area contributed by atoms with Crippen molar-refractivity contribution in [1.29, 1.82) is 0 Å². The molecule has 11 heteroatoms. The van der Waals surface area contributed by atoms with Crippen LogP contribution in [0.1, 0.15) is 5.69 Å². The van der Waals surface area contributed by atoms with Gasteiger partial charge < -0.3 is 5.73 Å². The molecule has 4 heterocycles. The van der Waals surface area contributed by atoms with E-state index in [1.165, 1.54) is 45.7 Å². The van der Waals surface area contributed by atoms with Crippen LogP contribution in [0.15, 0.2) is 65.8 Å². The van der Waals surface area contributed by atoms with Crippen LogP contribution in [0, 0.1) is 11.6 Å². The Kier molecular flexibility index (Phi) is 4.62. The highest BCUT2D eigenvalue weighted by Crippen LogP contribution is 2.33. The van der Waals surface area contributed by atoms with Gasteiger partial charge in [-0.05, 0) is 42.5 Å². The fraction of sp³-hybridized carbons (Fsp3) is 0.0476. The zero-order valence-electron chi connectivity index (χ0n) is 16.4. The standard InChI is InChI=1S/C21H14F2N8O/c22-14-3-1-12(2-4-14)18-17(13-7-8-26-27-9-13)19-29-30(21(32)31(19)20(24)28-18)11-16-6-5-15(23)10-25-16/h1-10H,11H2,(H2,24,28). The molecular weight excluding hydrogens is 418 g/mol. The number of hydrogen-bond donors (Lipinski definition) is 1. The molecule has 32 heavy (non-hydrogen) atoms. The third kappa shape index (κ3) is 3.35. The largest absolute Gasteiger partial charge is 0.369 e. The summed E-state index contributed by atoms with van der Waals surface area (Å²) < 4.78 is 29.0. The molecule has 1 aromatic carbocycles. The first-order valence-corrected chi connectivity index (χ1v) is 9.44. The lowest BCUT2D eigenvalue weighted by molar-refractivity contribution is 0.609. The number of rotatable bonds is 4. The van der Waals surface area contributed by atoms with Gasteiger partial charge in [0.15, 0.2) is 5.65 Å². The van der Waals surface area contributed by atoms with Crippen LogP contribution >= 0.6 is 0 Å². The quantitative estimate of drug-likeness (QED) is 0.463. The highest BCUT2D eigenvalue weighted by Gasteiger charge is 2.22. The average molecular weight is 432 g/mol. The molecule has 0 atom stereocenters. The lowest BCUT2D eigenvalue weighted by Gasteiger charge is -2.11. The normalized spacial score (nSPS) is 11.2. The van der Waals surface area contributed by atoms with Crippen LogP contribution in [0.4, 0.5) is 14.7 Å². The molecule has 0 saturated carbocycles. The number of nitrogen functional groups attached to an aromatic ring is 1. The average Bonchev–Trinajstić information content (AvgIpc) is 3.12. The Morgan fingerprint density at radius 2 is 1.69 bits per heavy atom. The Morgan fingerprint density at radius 1 is 0.906 bits per heavy atom. The predicted molar refractivity (Wildman–Crippen MR) is 111 cm³/mol. The number of fused-ring (bicyclic) bond motifs is 1. The summed E-state index contributed by atoms with van der Waals surface area (Å²) in [7, 11) is 0. The second kappa shape index (κ2) is 7.61. The SMILES string of the molecule is Nc1nc(-c2ccc(F)cc2)c(-c2ccnnc2)c2nn(Cc3ccc(F)cn3)c(=O)n12. The maximum atomic E-state index is 13.5. The number of halogens is 2. The van der Waals surface area contributed by atoms with Crippen LogP contribution in [-0.2, 0) is 6.54 Å². The van der Waals surface area contributed by atoms with Crippen LogP contribution in [0.3, 0.4) is 0 Å². The Labute approximate surface area is 178 Å². The number of pyridine rings is 1. The molecule has 0 fully saturated rings. The zero-order chi connectivity index (χ0) is 22.2. The number of anilines is 1. The molecular formula is C21H14F2N8O. The van der Waals surface area contributed by atoms with Crippen molar-refractivity contribution in [3.8, 4) is 22.4 Å². The van der Waals surface area contributed by atoms with Gasteiger partial charge in [0.1, 0.15) is 11.6 Å². The van der Waals surface area contributed by atoms with Crippen molar-refractivity contribution in [2.45, 2.75) is 6.54 Å². The Hall–Kier alpha value is -4.54. The summed E-state index contributed by atoms with van der Waals surface area (Å²) in [5, 5.41) is 12.2. The summed E-state index contributed by atoms with van der Waals surface area (Å²) in [5.41, 5.74) is 8.31. The summed E-state index contributed by atoms with van der Waals surface area (Å²) in [6.07, 6.45) is 4.06. The van der Waals surface area contributed by atoms with E-state index in [0.29, 0.717) is 28.1 Å². The Bertz CT molecular complexity index is 1480. The minimum atomic E-state index is -0.537. The molecule has 4 aromatic heterocycles. The van der Waals surface area contributed by atoms with Crippen LogP contribution in [0.25, 0.3) is 28.0 Å². The van der Waals surface area contributed by atoms with Gasteiger partial charge >= 0.3 is 5.69 Å². The van der Waals surface area contributed by atoms with Crippen molar-refractivity contribution in [2.24, 2.45) is 0 Å². The summed E-state index contributed by atoms with van der Waals surface area (Å²) in [5.74, 6) is -0.975. The monoisotopic (exact) mass is 432 g/mol. The number of benzene rings is 1. The maximum Gasteiger partial charge on any atom is 0.353 e. The summed E-state index contributed by atoms with van der Waals surface area (Å²) in [6, 6.07) is 10.1. The van der Waals surface area contributed by atoms with Crippen LogP contribution in [-0.4, -0.2) is 34.3 Å². The molecule has 5 aromatic rings. The molecule has 2 N–H and O–H groups in total. The van der Waals surface area contributed by atoms with E-state index >= 15 is 0 Å². The van der Waals surface area contributed by atoms with E-state index in [2.05, 4.69) is 25.3 Å². The Balaban J connectivity index is 1.77. The minimum absolute atomic E-state index is 0.000149. The van der Waals surface area contributed by atoms with Gasteiger partial charge in [0, 0.05) is 11.1 Å². The second-order valence-corrected chi connectivity index (χ2v) is 6.90. The molecule has 0 aliphatic rings. The molecule has 0 saturated heterocycles. The van der Waals surface area contributed by atoms with E-state index in [0.717, 1.165) is 6.20 Å². The summed E-state index contributed by atoms with van der Waals surface area (Å²) in [6.45, 7) is 0.000149. The molecule has 0 bridgehead atoms. The second-order valence-electron chi connectivity index (χ2n) is 6.90. The van der Waals surface area contributed by atoms with E-state index in [4.69, 9.17) is 5.73 Å². The molecule has 5 rings (SSSR count). The van der Waals surface area contributed by atoms with Crippen molar-refractivity contribution in [1.82, 2.24) is 34.3 Å². The highest BCUT2D eigenvalue weighted by atomic mass is 19.1. The highest BCUT2D eigenvalue weighted by molar-refractivity contribution is 5.90. The zero-order valence-corrected chi connectivity index (χ0v) is 16.4. The van der Waals surface area contributed by atoms with Crippen molar-refractivity contribution in [3.05, 3.63) is 88.9 Å². The fourth-order valence-corrected chi connectivity index (χ4v) is 3.38. The molecule has 0 aliphatic heterocycles. The maximum absolute atomic E-state index is 13.5. The van der Waals surface area contributed by atoms with Crippen LogP contribution in [0.5, 0.6) is 0 Å². The molecule has 0 radical (unpaired) electrons. The van der Waals surface area contributed by atoms with E-state index in [9.17, 15) is 13.6 Å². The molecule has 0 spiro atoms. The van der Waals surface area contributed by atoms with Gasteiger partial charge in [0.05, 0.1) is 42.1 Å². The minimum Gasteiger partial charge on any atom is -0.369 e. The van der Waals surface area contributed by atoms with Crippen molar-refractivity contribution in [3.63, 3.8) is 0 Å². The van der Waals surface area contributed by atoms with Crippen molar-refractivity contribution in [2.75, 3.05) is 5.73 Å². The van der Waals surface area contributed by atoms with Crippen LogP contribution < -0.4 is 11.4 Å². The summed E-state index contributed by atoms with van der Waals surface area (Å²) in [4.78, 5) is 21.5. The van der Waals surface area contributed by atoms with Gasteiger partial charge in [0.2, 0.25) is 5.95 Å². The van der Waals surface area contributed by atoms with Crippen molar-refractivity contribution < 1.29 is 8.78 Å². The predicted octanol–water partition coefficient (Wildman–Crippen LogP) is 2.32.